The Morgan fingerprint density at radius 1 is 1.11 bits per heavy atom. The van der Waals surface area contributed by atoms with Gasteiger partial charge in [-0.25, -0.2) is 19.2 Å². The molecule has 1 aromatic carbocycles. The zero-order valence-electron chi connectivity index (χ0n) is 20.3. The Labute approximate surface area is 204 Å². The molecule has 8 heteroatoms. The molecule has 2 aliphatic carbocycles. The number of ether oxygens (including phenoxy) is 1. The first kappa shape index (κ1) is 23.2. The van der Waals surface area contributed by atoms with Crippen molar-refractivity contribution in [2.75, 3.05) is 5.32 Å². The summed E-state index contributed by atoms with van der Waals surface area (Å²) in [6.45, 7) is 5.56. The van der Waals surface area contributed by atoms with Crippen LogP contribution in [0.3, 0.4) is 0 Å². The van der Waals surface area contributed by atoms with E-state index in [1.54, 1.807) is 24.7 Å². The van der Waals surface area contributed by atoms with Crippen molar-refractivity contribution in [3.05, 3.63) is 59.3 Å². The van der Waals surface area contributed by atoms with Crippen LogP contribution in [-0.2, 0) is 11.2 Å². The van der Waals surface area contributed by atoms with Gasteiger partial charge in [0.25, 0.3) is 0 Å². The first-order valence-corrected chi connectivity index (χ1v) is 12.1. The van der Waals surface area contributed by atoms with Crippen LogP contribution < -0.4 is 10.6 Å². The Morgan fingerprint density at radius 2 is 1.91 bits per heavy atom. The number of amides is 1. The van der Waals surface area contributed by atoms with E-state index in [0.717, 1.165) is 53.3 Å². The number of benzene rings is 1. The molecule has 1 fully saturated rings. The van der Waals surface area contributed by atoms with Gasteiger partial charge in [-0.3, -0.25) is 4.98 Å². The number of alkyl carbamates (subject to hydrolysis) is 1. The van der Waals surface area contributed by atoms with Gasteiger partial charge in [0.05, 0.1) is 11.6 Å². The van der Waals surface area contributed by atoms with Crippen molar-refractivity contribution in [1.82, 2.24) is 20.3 Å². The van der Waals surface area contributed by atoms with Crippen molar-refractivity contribution in [3.8, 4) is 0 Å². The van der Waals surface area contributed by atoms with Crippen molar-refractivity contribution < 1.29 is 13.9 Å². The van der Waals surface area contributed by atoms with Gasteiger partial charge in [-0.1, -0.05) is 31.1 Å². The third-order valence-electron chi connectivity index (χ3n) is 6.47. The summed E-state index contributed by atoms with van der Waals surface area (Å²) in [4.78, 5) is 26.1. The SMILES string of the molecule is CC(C)(C)OC(=O)N[C@H]1CCCC[C@H]1Nc1ncc2cncc(C3=Cc4cccc(F)c4C3)c2n1. The number of nitrogens with zero attached hydrogens (tertiary/aromatic N) is 3. The van der Waals surface area contributed by atoms with Gasteiger partial charge >= 0.3 is 6.09 Å². The maximum Gasteiger partial charge on any atom is 0.407 e. The first-order chi connectivity index (χ1) is 16.8. The highest BCUT2D eigenvalue weighted by molar-refractivity contribution is 5.98. The van der Waals surface area contributed by atoms with Gasteiger partial charge in [-0.2, -0.15) is 0 Å². The van der Waals surface area contributed by atoms with Crippen molar-refractivity contribution in [3.63, 3.8) is 0 Å². The molecular weight excluding hydrogens is 445 g/mol. The third kappa shape index (κ3) is 5.11. The Morgan fingerprint density at radius 3 is 2.69 bits per heavy atom. The summed E-state index contributed by atoms with van der Waals surface area (Å²) in [5.41, 5.74) is 3.66. The number of halogens is 1. The monoisotopic (exact) mass is 475 g/mol. The molecule has 7 nitrogen and oxygen atoms in total. The second kappa shape index (κ2) is 9.24. The molecule has 5 rings (SSSR count). The fourth-order valence-corrected chi connectivity index (χ4v) is 4.86. The molecule has 0 aliphatic heterocycles. The minimum absolute atomic E-state index is 0.0111. The molecule has 2 aromatic heterocycles. The number of pyridine rings is 1. The highest BCUT2D eigenvalue weighted by atomic mass is 19.1. The van der Waals surface area contributed by atoms with E-state index in [1.165, 1.54) is 6.07 Å². The standard InChI is InChI=1S/C27H30FN5O2/c1-27(2,3)35-26(34)32-23-10-5-4-9-22(23)31-25-30-14-18-13-29-15-20(24(18)33-25)17-11-16-7-6-8-21(28)19(16)12-17/h6-8,11,13-15,22-23H,4-5,9-10,12H2,1-3H3,(H,32,34)(H,30,31,33)/t22-,23+/m1/s1. The maximum absolute atomic E-state index is 14.3. The summed E-state index contributed by atoms with van der Waals surface area (Å²) < 4.78 is 19.8. The number of carbonyl (C=O) groups is 1. The number of nitrogens with one attached hydrogen (secondary N) is 2. The van der Waals surface area contributed by atoms with E-state index in [1.807, 2.05) is 32.9 Å². The molecule has 0 unspecified atom stereocenters. The summed E-state index contributed by atoms with van der Waals surface area (Å²) in [7, 11) is 0. The predicted octanol–water partition coefficient (Wildman–Crippen LogP) is 5.51. The molecule has 2 N–H and O–H groups in total. The summed E-state index contributed by atoms with van der Waals surface area (Å²) in [6, 6.07) is 5.05. The normalized spacial score (nSPS) is 19.7. The average molecular weight is 476 g/mol. The fourth-order valence-electron chi connectivity index (χ4n) is 4.86. The predicted molar refractivity (Wildman–Crippen MR) is 134 cm³/mol. The zero-order valence-corrected chi connectivity index (χ0v) is 20.3. The van der Waals surface area contributed by atoms with Gasteiger partial charge in [-0.05, 0) is 56.4 Å². The number of hydrogen-bond donors (Lipinski definition) is 2. The van der Waals surface area contributed by atoms with E-state index >= 15 is 0 Å². The number of carbonyl (C=O) groups excluding carboxylic acids is 1. The van der Waals surface area contributed by atoms with Crippen molar-refractivity contribution in [2.24, 2.45) is 0 Å². The van der Waals surface area contributed by atoms with Crippen molar-refractivity contribution >= 4 is 34.6 Å². The molecule has 0 bridgehead atoms. The van der Waals surface area contributed by atoms with Crippen LogP contribution in [0.1, 0.15) is 63.1 Å². The Balaban J connectivity index is 1.39. The molecule has 0 spiro atoms. The van der Waals surface area contributed by atoms with Gasteiger partial charge in [0.2, 0.25) is 5.95 Å². The average Bonchev–Trinajstić information content (AvgIpc) is 3.24. The number of anilines is 1. The Bertz CT molecular complexity index is 1300. The lowest BCUT2D eigenvalue weighted by Gasteiger charge is -2.33. The highest BCUT2D eigenvalue weighted by Crippen LogP contribution is 2.35. The smallest absolute Gasteiger partial charge is 0.407 e. The van der Waals surface area contributed by atoms with Crippen LogP contribution in [0, 0.1) is 5.82 Å². The van der Waals surface area contributed by atoms with E-state index in [9.17, 15) is 9.18 Å². The molecule has 1 saturated carbocycles. The van der Waals surface area contributed by atoms with E-state index in [-0.39, 0.29) is 17.9 Å². The number of allylic oxidation sites excluding steroid dienone is 1. The summed E-state index contributed by atoms with van der Waals surface area (Å²) in [5, 5.41) is 7.28. The van der Waals surface area contributed by atoms with Crippen LogP contribution in [0.2, 0.25) is 0 Å². The quantitative estimate of drug-likeness (QED) is 0.517. The summed E-state index contributed by atoms with van der Waals surface area (Å²) >= 11 is 0. The molecule has 2 atom stereocenters. The molecule has 182 valence electrons. The molecule has 3 aromatic rings. The zero-order chi connectivity index (χ0) is 24.6. The van der Waals surface area contributed by atoms with E-state index in [0.29, 0.717) is 17.9 Å². The number of hydrogen-bond acceptors (Lipinski definition) is 6. The van der Waals surface area contributed by atoms with Gasteiger partial charge in [0.1, 0.15) is 11.4 Å². The second-order valence-corrected chi connectivity index (χ2v) is 10.3. The van der Waals surface area contributed by atoms with E-state index in [2.05, 4.69) is 20.6 Å². The van der Waals surface area contributed by atoms with Gasteiger partial charge in [0, 0.05) is 42.0 Å². The first-order valence-electron chi connectivity index (χ1n) is 12.1. The summed E-state index contributed by atoms with van der Waals surface area (Å²) in [5.74, 6) is 0.301. The molecule has 2 heterocycles. The summed E-state index contributed by atoms with van der Waals surface area (Å²) in [6.07, 6.45) is 11.2. The van der Waals surface area contributed by atoms with Crippen LogP contribution >= 0.6 is 0 Å². The van der Waals surface area contributed by atoms with Gasteiger partial charge in [-0.15, -0.1) is 0 Å². The molecule has 0 radical (unpaired) electrons. The molecule has 2 aliphatic rings. The second-order valence-electron chi connectivity index (χ2n) is 10.3. The van der Waals surface area contributed by atoms with E-state index < -0.39 is 11.7 Å². The third-order valence-corrected chi connectivity index (χ3v) is 6.47. The van der Waals surface area contributed by atoms with Gasteiger partial charge < -0.3 is 15.4 Å². The van der Waals surface area contributed by atoms with Crippen LogP contribution in [-0.4, -0.2) is 38.7 Å². The number of aromatic nitrogens is 3. The molecule has 0 saturated heterocycles. The maximum atomic E-state index is 14.3. The fraction of sp³-hybridized carbons (Fsp3) is 0.407. The van der Waals surface area contributed by atoms with E-state index in [4.69, 9.17) is 9.72 Å². The lowest BCUT2D eigenvalue weighted by Crippen LogP contribution is -2.50. The minimum Gasteiger partial charge on any atom is -0.444 e. The molecular formula is C27H30FN5O2. The number of rotatable bonds is 4. The molecule has 35 heavy (non-hydrogen) atoms. The Kier molecular flexibility index (Phi) is 6.13. The lowest BCUT2D eigenvalue weighted by molar-refractivity contribution is 0.0488. The molecule has 1 amide bonds. The largest absolute Gasteiger partial charge is 0.444 e. The van der Waals surface area contributed by atoms with Gasteiger partial charge in [0.15, 0.2) is 0 Å². The lowest BCUT2D eigenvalue weighted by atomic mass is 9.90. The highest BCUT2D eigenvalue weighted by Gasteiger charge is 2.29. The van der Waals surface area contributed by atoms with Crippen LogP contribution in [0.15, 0.2) is 36.8 Å². The van der Waals surface area contributed by atoms with Crippen molar-refractivity contribution in [1.29, 1.82) is 0 Å². The van der Waals surface area contributed by atoms with Crippen LogP contribution in [0.4, 0.5) is 15.1 Å². The number of fused-ring (bicyclic) bond motifs is 2. The Hall–Kier alpha value is -3.55. The van der Waals surface area contributed by atoms with Crippen LogP contribution in [0.5, 0.6) is 0 Å². The van der Waals surface area contributed by atoms with Crippen molar-refractivity contribution in [2.45, 2.75) is 70.6 Å². The topological polar surface area (TPSA) is 89.0 Å². The van der Waals surface area contributed by atoms with Crippen LogP contribution in [0.25, 0.3) is 22.6 Å². The minimum atomic E-state index is -0.551.